The van der Waals surface area contributed by atoms with Crippen LogP contribution in [0.2, 0.25) is 5.02 Å². The summed E-state index contributed by atoms with van der Waals surface area (Å²) in [6, 6.07) is 9.31. The summed E-state index contributed by atoms with van der Waals surface area (Å²) < 4.78 is 27.8. The summed E-state index contributed by atoms with van der Waals surface area (Å²) in [5.74, 6) is -1.29. The molecule has 2 rings (SSSR count). The van der Waals surface area contributed by atoms with Crippen molar-refractivity contribution in [2.75, 3.05) is 5.32 Å². The van der Waals surface area contributed by atoms with Gasteiger partial charge in [0, 0.05) is 9.50 Å². The molecule has 1 nitrogen and oxygen atoms in total. The van der Waals surface area contributed by atoms with Crippen LogP contribution in [0.25, 0.3) is 0 Å². The van der Waals surface area contributed by atoms with Gasteiger partial charge >= 0.3 is 0 Å². The third-order valence-corrected chi connectivity index (χ3v) is 3.54. The zero-order valence-corrected chi connectivity index (χ0v) is 12.4. The average molecular weight is 347 g/mol. The Morgan fingerprint density at radius 3 is 2.32 bits per heavy atom. The van der Waals surface area contributed by atoms with E-state index < -0.39 is 11.6 Å². The maximum atomic E-state index is 13.7. The molecule has 0 bridgehead atoms. The van der Waals surface area contributed by atoms with Gasteiger partial charge in [-0.2, -0.15) is 0 Å². The molecular formula is C14H11BrClF2N. The van der Waals surface area contributed by atoms with Crippen molar-refractivity contribution in [2.45, 2.75) is 13.0 Å². The standard InChI is InChI=1S/C14H11BrClF2N/c1-8(10-4-2-3-5-11(10)16)19-14-12(17)6-9(15)7-13(14)18/h2-8,19H,1H3. The highest BCUT2D eigenvalue weighted by Crippen LogP contribution is 2.29. The van der Waals surface area contributed by atoms with Gasteiger partial charge in [-0.25, -0.2) is 8.78 Å². The van der Waals surface area contributed by atoms with Crippen molar-refractivity contribution >= 4 is 33.2 Å². The highest BCUT2D eigenvalue weighted by Gasteiger charge is 2.15. The van der Waals surface area contributed by atoms with Crippen LogP contribution in [0.1, 0.15) is 18.5 Å². The van der Waals surface area contributed by atoms with Gasteiger partial charge in [-0.3, -0.25) is 0 Å². The van der Waals surface area contributed by atoms with Crippen molar-refractivity contribution in [2.24, 2.45) is 0 Å². The summed E-state index contributed by atoms with van der Waals surface area (Å²) in [6.07, 6.45) is 0. The maximum absolute atomic E-state index is 13.7. The van der Waals surface area contributed by atoms with Gasteiger partial charge in [-0.15, -0.1) is 0 Å². The first-order valence-corrected chi connectivity index (χ1v) is 6.81. The smallest absolute Gasteiger partial charge is 0.150 e. The van der Waals surface area contributed by atoms with Crippen LogP contribution in [-0.2, 0) is 0 Å². The number of nitrogens with one attached hydrogen (secondary N) is 1. The zero-order chi connectivity index (χ0) is 14.0. The van der Waals surface area contributed by atoms with Gasteiger partial charge in [-0.1, -0.05) is 45.7 Å². The van der Waals surface area contributed by atoms with E-state index in [0.717, 1.165) is 5.56 Å². The molecule has 0 aliphatic heterocycles. The molecule has 0 heterocycles. The number of halogens is 4. The Morgan fingerprint density at radius 2 is 1.74 bits per heavy atom. The number of rotatable bonds is 3. The minimum Gasteiger partial charge on any atom is -0.374 e. The summed E-state index contributed by atoms with van der Waals surface area (Å²) in [7, 11) is 0. The molecule has 0 saturated carbocycles. The molecule has 0 aromatic heterocycles. The van der Waals surface area contributed by atoms with Gasteiger partial charge in [0.2, 0.25) is 0 Å². The Morgan fingerprint density at radius 1 is 1.16 bits per heavy atom. The van der Waals surface area contributed by atoms with E-state index in [2.05, 4.69) is 21.2 Å². The molecule has 1 atom stereocenters. The second-order valence-corrected chi connectivity index (χ2v) is 5.45. The summed E-state index contributed by atoms with van der Waals surface area (Å²) in [6.45, 7) is 1.79. The predicted octanol–water partition coefficient (Wildman–Crippen LogP) is 5.55. The molecule has 19 heavy (non-hydrogen) atoms. The lowest BCUT2D eigenvalue weighted by molar-refractivity contribution is 0.583. The van der Waals surface area contributed by atoms with Crippen molar-refractivity contribution in [3.63, 3.8) is 0 Å². The first-order valence-electron chi connectivity index (χ1n) is 5.64. The lowest BCUT2D eigenvalue weighted by atomic mass is 10.1. The van der Waals surface area contributed by atoms with Crippen molar-refractivity contribution in [3.05, 3.63) is 63.1 Å². The number of benzene rings is 2. The Labute approximate surface area is 123 Å². The monoisotopic (exact) mass is 345 g/mol. The molecule has 0 aliphatic carbocycles. The largest absolute Gasteiger partial charge is 0.374 e. The lowest BCUT2D eigenvalue weighted by Gasteiger charge is -2.18. The van der Waals surface area contributed by atoms with Crippen LogP contribution in [0.5, 0.6) is 0 Å². The molecule has 0 spiro atoms. The normalized spacial score (nSPS) is 12.3. The van der Waals surface area contributed by atoms with Crippen LogP contribution >= 0.6 is 27.5 Å². The van der Waals surface area contributed by atoms with E-state index in [0.29, 0.717) is 9.50 Å². The topological polar surface area (TPSA) is 12.0 Å². The first kappa shape index (κ1) is 14.3. The quantitative estimate of drug-likeness (QED) is 0.768. The minimum absolute atomic E-state index is 0.157. The second-order valence-electron chi connectivity index (χ2n) is 4.13. The number of hydrogen-bond acceptors (Lipinski definition) is 1. The zero-order valence-electron chi connectivity index (χ0n) is 10.1. The molecule has 2 aromatic carbocycles. The van der Waals surface area contributed by atoms with Crippen LogP contribution in [0.3, 0.4) is 0 Å². The van der Waals surface area contributed by atoms with Gasteiger partial charge in [0.05, 0.1) is 6.04 Å². The summed E-state index contributed by atoms with van der Waals surface area (Å²) in [5, 5.41) is 3.36. The fraction of sp³-hybridized carbons (Fsp3) is 0.143. The number of anilines is 1. The predicted molar refractivity (Wildman–Crippen MR) is 77.5 cm³/mol. The Balaban J connectivity index is 2.29. The van der Waals surface area contributed by atoms with E-state index in [1.165, 1.54) is 12.1 Å². The molecule has 0 fully saturated rings. The van der Waals surface area contributed by atoms with Crippen LogP contribution in [0.15, 0.2) is 40.9 Å². The SMILES string of the molecule is CC(Nc1c(F)cc(Br)cc1F)c1ccccc1Cl. The molecule has 2 aromatic rings. The van der Waals surface area contributed by atoms with Gasteiger partial charge in [0.15, 0.2) is 0 Å². The summed E-state index contributed by atoms with van der Waals surface area (Å²) in [4.78, 5) is 0. The fourth-order valence-corrected chi connectivity index (χ4v) is 2.50. The van der Waals surface area contributed by atoms with E-state index >= 15 is 0 Å². The van der Waals surface area contributed by atoms with E-state index in [1.807, 2.05) is 12.1 Å². The maximum Gasteiger partial charge on any atom is 0.150 e. The highest BCUT2D eigenvalue weighted by atomic mass is 79.9. The number of hydrogen-bond donors (Lipinski definition) is 1. The summed E-state index contributed by atoms with van der Waals surface area (Å²) in [5.41, 5.74) is 0.626. The third-order valence-electron chi connectivity index (χ3n) is 2.74. The summed E-state index contributed by atoms with van der Waals surface area (Å²) >= 11 is 9.10. The van der Waals surface area contributed by atoms with Crippen LogP contribution in [0.4, 0.5) is 14.5 Å². The van der Waals surface area contributed by atoms with Crippen LogP contribution < -0.4 is 5.32 Å². The average Bonchev–Trinajstić information content (AvgIpc) is 2.34. The Hall–Kier alpha value is -1.13. The van der Waals surface area contributed by atoms with E-state index in [1.54, 1.807) is 19.1 Å². The van der Waals surface area contributed by atoms with Crippen molar-refractivity contribution in [3.8, 4) is 0 Å². The molecule has 100 valence electrons. The van der Waals surface area contributed by atoms with E-state index in [4.69, 9.17) is 11.6 Å². The van der Waals surface area contributed by atoms with Gasteiger partial charge < -0.3 is 5.32 Å². The molecule has 0 saturated heterocycles. The van der Waals surface area contributed by atoms with Crippen LogP contribution in [-0.4, -0.2) is 0 Å². The van der Waals surface area contributed by atoms with Gasteiger partial charge in [-0.05, 0) is 30.7 Å². The Kier molecular flexibility index (Phi) is 4.42. The second kappa shape index (κ2) is 5.88. The van der Waals surface area contributed by atoms with E-state index in [-0.39, 0.29) is 11.7 Å². The van der Waals surface area contributed by atoms with Crippen LogP contribution in [0, 0.1) is 11.6 Å². The van der Waals surface area contributed by atoms with Crippen molar-refractivity contribution < 1.29 is 8.78 Å². The molecule has 0 aliphatic rings. The van der Waals surface area contributed by atoms with Gasteiger partial charge in [0.25, 0.3) is 0 Å². The van der Waals surface area contributed by atoms with Gasteiger partial charge in [0.1, 0.15) is 17.3 Å². The Bertz CT molecular complexity index is 581. The lowest BCUT2D eigenvalue weighted by Crippen LogP contribution is -2.10. The van der Waals surface area contributed by atoms with E-state index in [9.17, 15) is 8.78 Å². The molecule has 1 N–H and O–H groups in total. The van der Waals surface area contributed by atoms with Crippen molar-refractivity contribution in [1.82, 2.24) is 0 Å². The molecule has 0 radical (unpaired) electrons. The fourth-order valence-electron chi connectivity index (χ4n) is 1.80. The molecular weight excluding hydrogens is 336 g/mol. The molecule has 0 amide bonds. The third kappa shape index (κ3) is 3.25. The first-order chi connectivity index (χ1) is 8.99. The molecule has 1 unspecified atom stereocenters. The molecule has 5 heteroatoms. The highest BCUT2D eigenvalue weighted by molar-refractivity contribution is 9.10. The van der Waals surface area contributed by atoms with Crippen molar-refractivity contribution in [1.29, 1.82) is 0 Å². The minimum atomic E-state index is -0.647.